The fourth-order valence-corrected chi connectivity index (χ4v) is 5.84. The zero-order valence-corrected chi connectivity index (χ0v) is 28.5. The van der Waals surface area contributed by atoms with Gasteiger partial charge in [0.1, 0.15) is 0 Å². The van der Waals surface area contributed by atoms with Gasteiger partial charge in [0.2, 0.25) is 0 Å². The predicted octanol–water partition coefficient (Wildman–Crippen LogP) is 5.25. The molecule has 11 nitrogen and oxygen atoms in total. The summed E-state index contributed by atoms with van der Waals surface area (Å²) in [7, 11) is 5.86. The second kappa shape index (κ2) is 14.5. The van der Waals surface area contributed by atoms with Gasteiger partial charge in [-0.15, -0.1) is 0 Å². The maximum atomic E-state index is 13.1. The molecule has 3 heterocycles. The molecule has 3 amide bonds. The van der Waals surface area contributed by atoms with Gasteiger partial charge in [-0.3, -0.25) is 15.1 Å². The van der Waals surface area contributed by atoms with Crippen LogP contribution in [-0.4, -0.2) is 110 Å². The number of piperidine rings is 1. The Labute approximate surface area is 278 Å². The van der Waals surface area contributed by atoms with Gasteiger partial charge in [-0.05, 0) is 87.6 Å². The molecule has 0 saturated carbocycles. The fourth-order valence-electron chi connectivity index (χ4n) is 5.84. The molecule has 2 aromatic carbocycles. The highest BCUT2D eigenvalue weighted by molar-refractivity contribution is 6.10. The van der Waals surface area contributed by atoms with E-state index >= 15 is 0 Å². The van der Waals surface area contributed by atoms with Crippen molar-refractivity contribution in [1.82, 2.24) is 19.7 Å². The number of anilines is 2. The fraction of sp³-hybridized carbons (Fsp3) is 0.444. The van der Waals surface area contributed by atoms with E-state index in [1.807, 2.05) is 11.0 Å². The number of aromatic nitrogens is 1. The van der Waals surface area contributed by atoms with Crippen molar-refractivity contribution >= 4 is 35.0 Å². The van der Waals surface area contributed by atoms with Crippen LogP contribution in [0.25, 0.3) is 0 Å². The Bertz CT molecular complexity index is 1570. The standard InChI is InChI=1S/C36H48N8O3/c1-36(2,3)31-16-15-30(39-31)33(43-21-23-47-24-22-43)40-32(37)25-7-11-27(12-8-25)38-35(46)42(6)29-13-9-26(10-14-29)34(45)44-19-17-28(18-20-44)41(4)5/h7-16,28,37,39H,17-24H2,1-6H3,(H,38,46). The van der Waals surface area contributed by atoms with Crippen LogP contribution in [0.15, 0.2) is 65.7 Å². The van der Waals surface area contributed by atoms with Gasteiger partial charge in [-0.1, -0.05) is 20.8 Å². The number of nitrogens with zero attached hydrogens (tertiary/aromatic N) is 5. The number of hydrogen-bond acceptors (Lipinski definition) is 5. The van der Waals surface area contributed by atoms with Crippen LogP contribution in [0.1, 0.15) is 60.9 Å². The molecule has 2 saturated heterocycles. The highest BCUT2D eigenvalue weighted by Crippen LogP contribution is 2.23. The number of ether oxygens (including phenoxy) is 1. The minimum Gasteiger partial charge on any atom is -0.378 e. The molecule has 3 aromatic rings. The summed E-state index contributed by atoms with van der Waals surface area (Å²) in [5.41, 5.74) is 4.46. The molecule has 0 spiro atoms. The molecule has 1 aromatic heterocycles. The molecule has 2 fully saturated rings. The van der Waals surface area contributed by atoms with Crippen molar-refractivity contribution in [3.63, 3.8) is 0 Å². The third-order valence-electron chi connectivity index (χ3n) is 8.96. The number of benzene rings is 2. The normalized spacial score (nSPS) is 16.4. The lowest BCUT2D eigenvalue weighted by Crippen LogP contribution is -2.44. The molecular formula is C36H48N8O3. The average Bonchev–Trinajstić information content (AvgIpc) is 3.58. The number of rotatable bonds is 6. The number of aliphatic imine (C=N–C) groups is 1. The van der Waals surface area contributed by atoms with Crippen molar-refractivity contribution in [3.8, 4) is 0 Å². The second-order valence-corrected chi connectivity index (χ2v) is 13.5. The van der Waals surface area contributed by atoms with E-state index in [1.165, 1.54) is 4.90 Å². The van der Waals surface area contributed by atoms with Crippen LogP contribution in [0.5, 0.6) is 0 Å². The van der Waals surface area contributed by atoms with Gasteiger partial charge in [0.15, 0.2) is 11.7 Å². The number of amidine groups is 2. The van der Waals surface area contributed by atoms with E-state index in [-0.39, 0.29) is 23.2 Å². The average molecular weight is 641 g/mol. The lowest BCUT2D eigenvalue weighted by atomic mass is 9.93. The summed E-state index contributed by atoms with van der Waals surface area (Å²) >= 11 is 0. The van der Waals surface area contributed by atoms with E-state index in [2.05, 4.69) is 61.0 Å². The molecule has 250 valence electrons. The summed E-state index contributed by atoms with van der Waals surface area (Å²) in [5.74, 6) is 0.870. The minimum atomic E-state index is -0.313. The molecule has 0 bridgehead atoms. The third kappa shape index (κ3) is 8.28. The Morgan fingerprint density at radius 2 is 1.49 bits per heavy atom. The summed E-state index contributed by atoms with van der Waals surface area (Å²) in [6, 6.07) is 18.6. The van der Waals surface area contributed by atoms with Crippen LogP contribution in [-0.2, 0) is 10.2 Å². The Hall–Kier alpha value is -4.48. The number of morpholine rings is 1. The molecule has 0 radical (unpaired) electrons. The number of likely N-dealkylation sites (tertiary alicyclic amines) is 1. The van der Waals surface area contributed by atoms with Crippen molar-refractivity contribution in [1.29, 1.82) is 5.41 Å². The monoisotopic (exact) mass is 640 g/mol. The maximum Gasteiger partial charge on any atom is 0.326 e. The molecule has 2 aliphatic rings. The quantitative estimate of drug-likeness (QED) is 0.251. The Kier molecular flexibility index (Phi) is 10.5. The SMILES string of the molecule is CN(C(=O)Nc1ccc(C(=N)N=C(c2ccc(C(C)(C)C)[nH]2)N2CCOCC2)cc1)c1ccc(C(=O)N2CCC(N(C)C)CC2)cc1. The van der Waals surface area contributed by atoms with E-state index in [0.29, 0.717) is 54.8 Å². The van der Waals surface area contributed by atoms with Crippen molar-refractivity contribution in [3.05, 3.63) is 83.2 Å². The van der Waals surface area contributed by atoms with Gasteiger partial charge >= 0.3 is 6.03 Å². The summed E-state index contributed by atoms with van der Waals surface area (Å²) < 4.78 is 5.56. The first-order valence-corrected chi connectivity index (χ1v) is 16.3. The summed E-state index contributed by atoms with van der Waals surface area (Å²) in [4.78, 5) is 42.2. The number of H-pyrrole nitrogens is 1. The molecular weight excluding hydrogens is 592 g/mol. The molecule has 0 aliphatic carbocycles. The molecule has 5 rings (SSSR count). The zero-order valence-electron chi connectivity index (χ0n) is 28.5. The minimum absolute atomic E-state index is 0.0236. The van der Waals surface area contributed by atoms with Crippen LogP contribution < -0.4 is 10.2 Å². The first-order valence-electron chi connectivity index (χ1n) is 16.3. The summed E-state index contributed by atoms with van der Waals surface area (Å²) in [6.07, 6.45) is 1.94. The molecule has 11 heteroatoms. The van der Waals surface area contributed by atoms with Crippen LogP contribution in [0.2, 0.25) is 0 Å². The number of amides is 3. The van der Waals surface area contributed by atoms with E-state index in [0.717, 1.165) is 43.2 Å². The molecule has 2 aliphatic heterocycles. The highest BCUT2D eigenvalue weighted by Gasteiger charge is 2.25. The second-order valence-electron chi connectivity index (χ2n) is 13.5. The van der Waals surface area contributed by atoms with Crippen LogP contribution in [0.3, 0.4) is 0 Å². The topological polar surface area (TPSA) is 120 Å². The molecule has 0 unspecified atom stereocenters. The molecule has 3 N–H and O–H groups in total. The number of nitrogens with one attached hydrogen (secondary N) is 3. The Balaban J connectivity index is 1.21. The van der Waals surface area contributed by atoms with E-state index in [1.54, 1.807) is 55.6 Å². The van der Waals surface area contributed by atoms with Crippen molar-refractivity contribution in [2.24, 2.45) is 4.99 Å². The first-order chi connectivity index (χ1) is 22.4. The van der Waals surface area contributed by atoms with Gasteiger partial charge in [-0.25, -0.2) is 9.79 Å². The van der Waals surface area contributed by atoms with Crippen LogP contribution in [0, 0.1) is 5.41 Å². The highest BCUT2D eigenvalue weighted by atomic mass is 16.5. The van der Waals surface area contributed by atoms with E-state index < -0.39 is 0 Å². The summed E-state index contributed by atoms with van der Waals surface area (Å²) in [5, 5.41) is 11.7. The van der Waals surface area contributed by atoms with Crippen molar-refractivity contribution in [2.45, 2.75) is 45.1 Å². The van der Waals surface area contributed by atoms with Crippen LogP contribution in [0.4, 0.5) is 16.2 Å². The van der Waals surface area contributed by atoms with Crippen molar-refractivity contribution < 1.29 is 14.3 Å². The van der Waals surface area contributed by atoms with E-state index in [9.17, 15) is 9.59 Å². The van der Waals surface area contributed by atoms with Crippen molar-refractivity contribution in [2.75, 3.05) is 70.8 Å². The summed E-state index contributed by atoms with van der Waals surface area (Å²) in [6.45, 7) is 10.6. The molecule has 0 atom stereocenters. The first kappa shape index (κ1) is 33.9. The van der Waals surface area contributed by atoms with Gasteiger partial charge in [0.25, 0.3) is 5.91 Å². The lowest BCUT2D eigenvalue weighted by Gasteiger charge is -2.35. The van der Waals surface area contributed by atoms with Gasteiger partial charge in [-0.2, -0.15) is 0 Å². The number of aromatic amines is 1. The number of hydrogen-bond donors (Lipinski definition) is 3. The number of carbonyl (C=O) groups is 2. The van der Waals surface area contributed by atoms with Gasteiger partial charge in [0, 0.05) is 72.9 Å². The molecule has 47 heavy (non-hydrogen) atoms. The van der Waals surface area contributed by atoms with Gasteiger partial charge < -0.3 is 29.7 Å². The smallest absolute Gasteiger partial charge is 0.326 e. The predicted molar refractivity (Wildman–Crippen MR) is 188 cm³/mol. The van der Waals surface area contributed by atoms with Gasteiger partial charge in [0.05, 0.1) is 18.9 Å². The largest absolute Gasteiger partial charge is 0.378 e. The van der Waals surface area contributed by atoms with Crippen LogP contribution >= 0.6 is 0 Å². The number of urea groups is 1. The third-order valence-corrected chi connectivity index (χ3v) is 8.96. The Morgan fingerprint density at radius 3 is 2.06 bits per heavy atom. The maximum absolute atomic E-state index is 13.1. The Morgan fingerprint density at radius 1 is 0.872 bits per heavy atom. The number of carbonyl (C=O) groups excluding carboxylic acids is 2. The zero-order chi connectivity index (χ0) is 33.7. The van der Waals surface area contributed by atoms with E-state index in [4.69, 9.17) is 15.1 Å². The lowest BCUT2D eigenvalue weighted by molar-refractivity contribution is 0.0663.